The zero-order chi connectivity index (χ0) is 18.9. The number of hydrogen-bond donors (Lipinski definition) is 2. The number of nitrogens with one attached hydrogen (secondary N) is 2. The topological polar surface area (TPSA) is 96.4 Å². The maximum atomic E-state index is 12.5. The number of benzene rings is 1. The maximum Gasteiger partial charge on any atom is 0.339 e. The molecule has 2 aromatic rings. The first-order valence-corrected chi connectivity index (χ1v) is 8.21. The van der Waals surface area contributed by atoms with Gasteiger partial charge in [-0.15, -0.1) is 0 Å². The molecule has 0 saturated heterocycles. The summed E-state index contributed by atoms with van der Waals surface area (Å²) in [6, 6.07) is 8.15. The van der Waals surface area contributed by atoms with Crippen molar-refractivity contribution in [2.24, 2.45) is 0 Å². The summed E-state index contributed by atoms with van der Waals surface area (Å²) in [5.41, 5.74) is 0.845. The lowest BCUT2D eigenvalue weighted by atomic mass is 10.1. The van der Waals surface area contributed by atoms with Gasteiger partial charge in [-0.1, -0.05) is 12.1 Å². The summed E-state index contributed by atoms with van der Waals surface area (Å²) in [5, 5.41) is 5.78. The second kappa shape index (κ2) is 9.47. The molecule has 138 valence electrons. The predicted octanol–water partition coefficient (Wildman–Crippen LogP) is 1.88. The largest absolute Gasteiger partial charge is 0.465 e. The van der Waals surface area contributed by atoms with Crippen LogP contribution in [0.4, 0.5) is 11.6 Å². The zero-order valence-corrected chi connectivity index (χ0v) is 15.2. The van der Waals surface area contributed by atoms with Crippen molar-refractivity contribution in [2.45, 2.75) is 6.42 Å². The summed E-state index contributed by atoms with van der Waals surface area (Å²) >= 11 is 0. The molecule has 8 heteroatoms. The second-order valence-corrected chi connectivity index (χ2v) is 5.84. The highest BCUT2D eigenvalue weighted by atomic mass is 16.5. The number of para-hydroxylation sites is 1. The van der Waals surface area contributed by atoms with Crippen molar-refractivity contribution in [2.75, 3.05) is 44.9 Å². The number of carbonyl (C=O) groups excluding carboxylic acids is 2. The van der Waals surface area contributed by atoms with E-state index in [1.54, 1.807) is 24.3 Å². The Bertz CT molecular complexity index is 764. The standard InChI is InChI=1S/C18H23N5O3/c1-23(2)12-6-10-19-18-20-11-9-15(22-18)16(24)21-14-8-5-4-7-13(14)17(25)26-3/h4-5,7-9,11H,6,10,12H2,1-3H3,(H,21,24)(H,19,20,22). The van der Waals surface area contributed by atoms with Crippen molar-refractivity contribution in [1.29, 1.82) is 0 Å². The first-order valence-electron chi connectivity index (χ1n) is 8.21. The third kappa shape index (κ3) is 5.52. The van der Waals surface area contributed by atoms with Gasteiger partial charge in [0.25, 0.3) is 5.91 Å². The number of esters is 1. The smallest absolute Gasteiger partial charge is 0.339 e. The van der Waals surface area contributed by atoms with Gasteiger partial charge in [0.15, 0.2) is 0 Å². The fraction of sp³-hybridized carbons (Fsp3) is 0.333. The van der Waals surface area contributed by atoms with Crippen LogP contribution in [-0.2, 0) is 4.74 Å². The molecular weight excluding hydrogens is 334 g/mol. The van der Waals surface area contributed by atoms with Gasteiger partial charge in [0.2, 0.25) is 5.95 Å². The van der Waals surface area contributed by atoms with E-state index >= 15 is 0 Å². The predicted molar refractivity (Wildman–Crippen MR) is 99.4 cm³/mol. The van der Waals surface area contributed by atoms with E-state index in [4.69, 9.17) is 4.74 Å². The van der Waals surface area contributed by atoms with Crippen LogP contribution >= 0.6 is 0 Å². The molecule has 1 amide bonds. The van der Waals surface area contributed by atoms with Gasteiger partial charge in [0.05, 0.1) is 18.4 Å². The maximum absolute atomic E-state index is 12.5. The van der Waals surface area contributed by atoms with Gasteiger partial charge in [0.1, 0.15) is 5.69 Å². The molecule has 0 saturated carbocycles. The third-order valence-electron chi connectivity index (χ3n) is 3.53. The van der Waals surface area contributed by atoms with Crippen LogP contribution in [0.2, 0.25) is 0 Å². The number of hydrogen-bond acceptors (Lipinski definition) is 7. The Balaban J connectivity index is 2.04. The summed E-state index contributed by atoms with van der Waals surface area (Å²) in [7, 11) is 5.31. The normalized spacial score (nSPS) is 10.5. The summed E-state index contributed by atoms with van der Waals surface area (Å²) in [6.45, 7) is 1.64. The molecule has 0 atom stereocenters. The van der Waals surface area contributed by atoms with Crippen LogP contribution in [0.5, 0.6) is 0 Å². The van der Waals surface area contributed by atoms with E-state index in [-0.39, 0.29) is 11.3 Å². The molecule has 8 nitrogen and oxygen atoms in total. The summed E-state index contributed by atoms with van der Waals surface area (Å²) in [5.74, 6) is -0.565. The Hall–Kier alpha value is -3.00. The van der Waals surface area contributed by atoms with Crippen molar-refractivity contribution >= 4 is 23.5 Å². The third-order valence-corrected chi connectivity index (χ3v) is 3.53. The molecule has 0 bridgehead atoms. The van der Waals surface area contributed by atoms with Gasteiger partial charge in [-0.05, 0) is 45.3 Å². The Labute approximate surface area is 152 Å². The molecular formula is C18H23N5O3. The molecule has 2 N–H and O–H groups in total. The molecule has 1 heterocycles. The fourth-order valence-corrected chi connectivity index (χ4v) is 2.23. The highest BCUT2D eigenvalue weighted by molar-refractivity contribution is 6.07. The van der Waals surface area contributed by atoms with Gasteiger partial charge in [-0.25, -0.2) is 14.8 Å². The highest BCUT2D eigenvalue weighted by Crippen LogP contribution is 2.17. The van der Waals surface area contributed by atoms with Crippen LogP contribution in [0.1, 0.15) is 27.3 Å². The van der Waals surface area contributed by atoms with Crippen molar-refractivity contribution < 1.29 is 14.3 Å². The summed E-state index contributed by atoms with van der Waals surface area (Å²) < 4.78 is 4.73. The van der Waals surface area contributed by atoms with E-state index in [1.807, 2.05) is 14.1 Å². The van der Waals surface area contributed by atoms with Crippen LogP contribution < -0.4 is 10.6 Å². The minimum Gasteiger partial charge on any atom is -0.465 e. The summed E-state index contributed by atoms with van der Waals surface area (Å²) in [6.07, 6.45) is 2.45. The Morgan fingerprint density at radius 1 is 1.19 bits per heavy atom. The number of ether oxygens (including phenoxy) is 1. The van der Waals surface area contributed by atoms with Crippen LogP contribution in [0, 0.1) is 0 Å². The quantitative estimate of drug-likeness (QED) is 0.550. The minimum atomic E-state index is -0.521. The van der Waals surface area contributed by atoms with Gasteiger partial charge in [-0.3, -0.25) is 4.79 Å². The Kier molecular flexibility index (Phi) is 7.04. The Morgan fingerprint density at radius 2 is 1.96 bits per heavy atom. The van der Waals surface area contributed by atoms with Crippen LogP contribution in [0.3, 0.4) is 0 Å². The van der Waals surface area contributed by atoms with E-state index in [0.717, 1.165) is 13.0 Å². The van der Waals surface area contributed by atoms with Gasteiger partial charge in [-0.2, -0.15) is 0 Å². The lowest BCUT2D eigenvalue weighted by Gasteiger charge is -2.11. The number of methoxy groups -OCH3 is 1. The first kappa shape index (κ1) is 19.3. The first-order chi connectivity index (χ1) is 12.5. The highest BCUT2D eigenvalue weighted by Gasteiger charge is 2.15. The molecule has 1 aromatic heterocycles. The molecule has 0 unspecified atom stereocenters. The second-order valence-electron chi connectivity index (χ2n) is 5.84. The molecule has 1 aromatic carbocycles. The van der Waals surface area contributed by atoms with E-state index in [0.29, 0.717) is 18.2 Å². The molecule has 0 aliphatic rings. The number of nitrogens with zero attached hydrogens (tertiary/aromatic N) is 3. The fourth-order valence-electron chi connectivity index (χ4n) is 2.23. The van der Waals surface area contributed by atoms with Gasteiger partial charge in [0, 0.05) is 12.7 Å². The summed E-state index contributed by atoms with van der Waals surface area (Å²) in [4.78, 5) is 34.7. The molecule has 0 aliphatic heterocycles. The van der Waals surface area contributed by atoms with E-state index in [1.165, 1.54) is 19.4 Å². The van der Waals surface area contributed by atoms with Crippen LogP contribution in [-0.4, -0.2) is 61.0 Å². The van der Waals surface area contributed by atoms with Crippen molar-refractivity contribution in [1.82, 2.24) is 14.9 Å². The Morgan fingerprint density at radius 3 is 2.69 bits per heavy atom. The van der Waals surface area contributed by atoms with E-state index in [9.17, 15) is 9.59 Å². The minimum absolute atomic E-state index is 0.203. The average molecular weight is 357 g/mol. The number of anilines is 2. The molecule has 26 heavy (non-hydrogen) atoms. The molecule has 0 aliphatic carbocycles. The lowest BCUT2D eigenvalue weighted by molar-refractivity contribution is 0.0602. The van der Waals surface area contributed by atoms with Crippen LogP contribution in [0.25, 0.3) is 0 Å². The van der Waals surface area contributed by atoms with Gasteiger partial charge >= 0.3 is 5.97 Å². The SMILES string of the molecule is COC(=O)c1ccccc1NC(=O)c1ccnc(NCCCN(C)C)n1. The van der Waals surface area contributed by atoms with Crippen molar-refractivity contribution in [3.05, 3.63) is 47.8 Å². The van der Waals surface area contributed by atoms with Crippen LogP contribution in [0.15, 0.2) is 36.5 Å². The molecule has 0 radical (unpaired) electrons. The number of aromatic nitrogens is 2. The number of rotatable bonds is 8. The molecule has 0 fully saturated rings. The van der Waals surface area contributed by atoms with Crippen molar-refractivity contribution in [3.63, 3.8) is 0 Å². The number of carbonyl (C=O) groups is 2. The van der Waals surface area contributed by atoms with Crippen molar-refractivity contribution in [3.8, 4) is 0 Å². The average Bonchev–Trinajstić information content (AvgIpc) is 2.65. The lowest BCUT2D eigenvalue weighted by Crippen LogP contribution is -2.19. The zero-order valence-electron chi connectivity index (χ0n) is 15.2. The molecule has 2 rings (SSSR count). The number of amides is 1. The molecule has 0 spiro atoms. The van der Waals surface area contributed by atoms with E-state index in [2.05, 4.69) is 25.5 Å². The monoisotopic (exact) mass is 357 g/mol. The van der Waals surface area contributed by atoms with Gasteiger partial charge < -0.3 is 20.3 Å². The van der Waals surface area contributed by atoms with E-state index < -0.39 is 11.9 Å².